The van der Waals surface area contributed by atoms with Gasteiger partial charge in [-0.3, -0.25) is 15.0 Å². The molecule has 0 aliphatic carbocycles. The fourth-order valence-electron chi connectivity index (χ4n) is 3.05. The maximum absolute atomic E-state index is 8.76. The van der Waals surface area contributed by atoms with Gasteiger partial charge in [0, 0.05) is 55.0 Å². The first-order valence-corrected chi connectivity index (χ1v) is 15.4. The van der Waals surface area contributed by atoms with Crippen LogP contribution in [0.3, 0.4) is 0 Å². The van der Waals surface area contributed by atoms with E-state index in [0.717, 1.165) is 33.8 Å². The molecule has 0 radical (unpaired) electrons. The average Bonchev–Trinajstić information content (AvgIpc) is 3.08. The van der Waals surface area contributed by atoms with Crippen molar-refractivity contribution >= 4 is 17.1 Å². The van der Waals surface area contributed by atoms with Gasteiger partial charge in [-0.1, -0.05) is 115 Å². The van der Waals surface area contributed by atoms with Crippen LogP contribution in [-0.4, -0.2) is 38.3 Å². The van der Waals surface area contributed by atoms with Crippen LogP contribution in [0.5, 0.6) is 0 Å². The lowest BCUT2D eigenvalue weighted by molar-refractivity contribution is 1.09. The minimum atomic E-state index is 0.435. The zero-order valence-corrected chi connectivity index (χ0v) is 29.7. The normalized spacial score (nSPS) is 9.93. The summed E-state index contributed by atoms with van der Waals surface area (Å²) in [7, 11) is 5.35. The lowest BCUT2D eigenvalue weighted by Crippen LogP contribution is -2.05. The highest BCUT2D eigenvalue weighted by Crippen LogP contribution is 2.11. The van der Waals surface area contributed by atoms with Crippen molar-refractivity contribution in [1.82, 2.24) is 0 Å². The van der Waals surface area contributed by atoms with E-state index >= 15 is 0 Å². The quantitative estimate of drug-likeness (QED) is 0.277. The van der Waals surface area contributed by atoms with E-state index < -0.39 is 0 Å². The van der Waals surface area contributed by atoms with Crippen molar-refractivity contribution in [3.63, 3.8) is 0 Å². The molecule has 3 aromatic rings. The summed E-state index contributed by atoms with van der Waals surface area (Å²) in [4.78, 5) is 12.4. The van der Waals surface area contributed by atoms with Gasteiger partial charge >= 0.3 is 0 Å². The van der Waals surface area contributed by atoms with E-state index in [1.54, 1.807) is 37.4 Å². The summed E-state index contributed by atoms with van der Waals surface area (Å²) >= 11 is 0. The van der Waals surface area contributed by atoms with Gasteiger partial charge in [0.2, 0.25) is 0 Å². The van der Waals surface area contributed by atoms with Crippen molar-refractivity contribution < 1.29 is 0 Å². The molecule has 0 aliphatic heterocycles. The smallest absolute Gasteiger partial charge is 0.101 e. The van der Waals surface area contributed by atoms with Crippen molar-refractivity contribution in [3.05, 3.63) is 106 Å². The maximum atomic E-state index is 8.76. The molecule has 3 rings (SSSR count). The summed E-state index contributed by atoms with van der Waals surface area (Å²) in [6.45, 7) is 18.7. The third kappa shape index (κ3) is 19.9. The first kappa shape index (κ1) is 44.6. The third-order valence-electron chi connectivity index (χ3n) is 5.32. The van der Waals surface area contributed by atoms with Gasteiger partial charge in [0.1, 0.15) is 12.1 Å². The maximum Gasteiger partial charge on any atom is 0.101 e. The molecule has 3 aromatic carbocycles. The first-order chi connectivity index (χ1) is 21.6. The Balaban J connectivity index is -0.000000522. The Morgan fingerprint density at radius 3 is 0.933 bits per heavy atom. The minimum absolute atomic E-state index is 0.435. The average molecular weight is 607 g/mol. The van der Waals surface area contributed by atoms with Crippen molar-refractivity contribution in [3.8, 4) is 18.2 Å². The van der Waals surface area contributed by atoms with E-state index in [4.69, 9.17) is 15.8 Å². The monoisotopic (exact) mass is 606 g/mol. The van der Waals surface area contributed by atoms with Gasteiger partial charge in [0.05, 0.1) is 22.8 Å². The zero-order valence-electron chi connectivity index (χ0n) is 29.7. The molecule has 0 saturated heterocycles. The van der Waals surface area contributed by atoms with Crippen LogP contribution in [0.15, 0.2) is 87.8 Å². The van der Waals surface area contributed by atoms with Crippen molar-refractivity contribution in [2.75, 3.05) is 21.1 Å². The molecule has 0 aromatic heterocycles. The van der Waals surface area contributed by atoms with Gasteiger partial charge in [0.25, 0.3) is 0 Å². The van der Waals surface area contributed by atoms with E-state index in [1.807, 2.05) is 77.3 Å². The second-order valence-corrected chi connectivity index (χ2v) is 9.52. The molecule has 0 amide bonds. The Bertz CT molecular complexity index is 1350. The zero-order chi connectivity index (χ0) is 35.0. The fourth-order valence-corrected chi connectivity index (χ4v) is 3.05. The summed E-state index contributed by atoms with van der Waals surface area (Å²) in [6.07, 6.45) is 3.75. The van der Waals surface area contributed by atoms with E-state index in [1.165, 1.54) is 19.3 Å². The van der Waals surface area contributed by atoms with Gasteiger partial charge in [-0.2, -0.15) is 15.8 Å². The number of hydrogen-bond acceptors (Lipinski definition) is 6. The number of nitriles is 3. The van der Waals surface area contributed by atoms with E-state index in [9.17, 15) is 0 Å². The van der Waals surface area contributed by atoms with E-state index in [-0.39, 0.29) is 0 Å². The van der Waals surface area contributed by atoms with Crippen LogP contribution < -0.4 is 0 Å². The Labute approximate surface area is 274 Å². The molecule has 45 heavy (non-hydrogen) atoms. The van der Waals surface area contributed by atoms with Gasteiger partial charge in [-0.25, -0.2) is 0 Å². The lowest BCUT2D eigenvalue weighted by atomic mass is 10.0. The highest BCUT2D eigenvalue weighted by atomic mass is 14.7. The number of rotatable bonds is 3. The minimum Gasteiger partial charge on any atom is -0.293 e. The van der Waals surface area contributed by atoms with Crippen LogP contribution >= 0.6 is 0 Å². The topological polar surface area (TPSA) is 108 Å². The third-order valence-corrected chi connectivity index (χ3v) is 5.32. The summed E-state index contributed by atoms with van der Waals surface area (Å²) < 4.78 is 0. The highest BCUT2D eigenvalue weighted by molar-refractivity contribution is 6.11. The van der Waals surface area contributed by atoms with Gasteiger partial charge in [-0.15, -0.1) is 0 Å². The SMILES string of the molecule is CCC.CCC.CCC.CN=C(C)c1ccccc1C#N.CN=C(C)c1ccccc1C(C)=NC.N#Cc1ccccc1C#N. The molecule has 240 valence electrons. The van der Waals surface area contributed by atoms with Gasteiger partial charge in [-0.05, 0) is 39.0 Å². The molecule has 0 saturated carbocycles. The molecule has 6 nitrogen and oxygen atoms in total. The summed E-state index contributed by atoms with van der Waals surface area (Å²) in [5.41, 5.74) is 7.79. The van der Waals surface area contributed by atoms with E-state index in [0.29, 0.717) is 16.7 Å². The van der Waals surface area contributed by atoms with Crippen LogP contribution in [0.2, 0.25) is 0 Å². The first-order valence-electron chi connectivity index (χ1n) is 15.4. The number of hydrogen-bond donors (Lipinski definition) is 0. The van der Waals surface area contributed by atoms with Crippen LogP contribution in [0, 0.1) is 34.0 Å². The molecular weight excluding hydrogens is 552 g/mol. The predicted molar refractivity (Wildman–Crippen MR) is 196 cm³/mol. The van der Waals surface area contributed by atoms with Crippen LogP contribution in [0.25, 0.3) is 0 Å². The Kier molecular flexibility index (Phi) is 30.3. The molecule has 0 fully saturated rings. The van der Waals surface area contributed by atoms with Crippen LogP contribution in [-0.2, 0) is 0 Å². The van der Waals surface area contributed by atoms with Gasteiger partial charge < -0.3 is 0 Å². The standard InChI is InChI=1S/C12H16N2.C10H10N2.C8H4N2.3C3H8/c1-9(13-3)11-7-5-6-8-12(11)10(2)14-4;1-8(12-2)10-6-4-3-5-9(10)7-11;9-5-7-3-1-2-4-8(7)6-10;3*1-3-2/h5-8H,1-4H3;3-6H,1-2H3;1-4H;3*3H2,1-2H3. The summed E-state index contributed by atoms with van der Waals surface area (Å²) in [5.74, 6) is 0. The molecule has 0 bridgehead atoms. The largest absolute Gasteiger partial charge is 0.293 e. The Morgan fingerprint density at radius 1 is 0.444 bits per heavy atom. The predicted octanol–water partition coefficient (Wildman–Crippen LogP) is 10.2. The van der Waals surface area contributed by atoms with Crippen molar-refractivity contribution in [2.24, 2.45) is 15.0 Å². The molecule has 0 heterocycles. The van der Waals surface area contributed by atoms with Crippen molar-refractivity contribution in [1.29, 1.82) is 15.8 Å². The second-order valence-electron chi connectivity index (χ2n) is 9.52. The second kappa shape index (κ2) is 30.6. The number of aliphatic imine (C=N–C) groups is 3. The lowest BCUT2D eigenvalue weighted by Gasteiger charge is -2.07. The highest BCUT2D eigenvalue weighted by Gasteiger charge is 2.05. The Morgan fingerprint density at radius 2 is 0.667 bits per heavy atom. The molecule has 6 heteroatoms. The number of nitrogens with zero attached hydrogens (tertiary/aromatic N) is 6. The summed E-state index contributed by atoms with van der Waals surface area (Å²) in [6, 6.07) is 28.4. The van der Waals surface area contributed by atoms with E-state index in [2.05, 4.69) is 74.7 Å². The molecule has 0 unspecified atom stereocenters. The van der Waals surface area contributed by atoms with Crippen LogP contribution in [0.4, 0.5) is 0 Å². The fraction of sp³-hybridized carbons (Fsp3) is 0.385. The number of benzene rings is 3. The molecule has 0 spiro atoms. The van der Waals surface area contributed by atoms with Crippen molar-refractivity contribution in [2.45, 2.75) is 81.6 Å². The molecular formula is C39H54N6. The summed E-state index contributed by atoms with van der Waals surface area (Å²) in [5, 5.41) is 25.7. The molecule has 0 N–H and O–H groups in total. The molecule has 0 atom stereocenters. The molecule has 0 aliphatic rings. The van der Waals surface area contributed by atoms with Gasteiger partial charge in [0.15, 0.2) is 0 Å². The Hall–Kier alpha value is -4.86. The van der Waals surface area contributed by atoms with Crippen LogP contribution in [0.1, 0.15) is 115 Å².